The number of benzene rings is 1. The first kappa shape index (κ1) is 20.0. The van der Waals surface area contributed by atoms with E-state index in [1.165, 1.54) is 6.07 Å². The van der Waals surface area contributed by atoms with Crippen molar-refractivity contribution in [3.63, 3.8) is 0 Å². The van der Waals surface area contributed by atoms with E-state index in [0.717, 1.165) is 25.0 Å². The smallest absolute Gasteiger partial charge is 0.338 e. The van der Waals surface area contributed by atoms with Crippen molar-refractivity contribution in [3.05, 3.63) is 35.4 Å². The minimum Gasteiger partial charge on any atom is -0.338 e. The van der Waals surface area contributed by atoms with Crippen LogP contribution in [0.2, 0.25) is 0 Å². The molecule has 150 valence electrons. The summed E-state index contributed by atoms with van der Waals surface area (Å²) in [5, 5.41) is 0. The van der Waals surface area contributed by atoms with E-state index in [0.29, 0.717) is 38.2 Å². The molecule has 2 saturated heterocycles. The third-order valence-corrected chi connectivity index (χ3v) is 5.55. The summed E-state index contributed by atoms with van der Waals surface area (Å²) < 4.78 is 63.5. The summed E-state index contributed by atoms with van der Waals surface area (Å²) in [5.41, 5.74) is -0.0333. The second-order valence-corrected chi connectivity index (χ2v) is 7.60. The number of alkyl halides is 3. The van der Waals surface area contributed by atoms with Gasteiger partial charge >= 0.3 is 6.18 Å². The Hall–Kier alpha value is -1.70. The molecule has 0 aliphatic carbocycles. The molecule has 2 fully saturated rings. The van der Waals surface area contributed by atoms with Crippen molar-refractivity contribution in [2.24, 2.45) is 5.41 Å². The molecule has 1 amide bonds. The lowest BCUT2D eigenvalue weighted by Crippen LogP contribution is -2.49. The number of amides is 1. The number of halogens is 5. The van der Waals surface area contributed by atoms with E-state index in [1.807, 2.05) is 4.90 Å². The van der Waals surface area contributed by atoms with Gasteiger partial charge in [-0.15, -0.1) is 0 Å². The lowest BCUT2D eigenvalue weighted by molar-refractivity contribution is -0.146. The fourth-order valence-corrected chi connectivity index (χ4v) is 4.19. The minimum atomic E-state index is -4.15. The van der Waals surface area contributed by atoms with Gasteiger partial charge in [-0.2, -0.15) is 13.2 Å². The molecule has 0 saturated carbocycles. The fraction of sp³-hybridized carbons (Fsp3) is 0.632. The number of hydrogen-bond donors (Lipinski definition) is 0. The van der Waals surface area contributed by atoms with Crippen LogP contribution >= 0.6 is 0 Å². The third kappa shape index (κ3) is 4.78. The molecular weight excluding hydrogens is 367 g/mol. The van der Waals surface area contributed by atoms with Crippen LogP contribution in [0.5, 0.6) is 0 Å². The van der Waals surface area contributed by atoms with Gasteiger partial charge in [-0.25, -0.2) is 8.78 Å². The molecule has 3 rings (SSSR count). The summed E-state index contributed by atoms with van der Waals surface area (Å²) in [6, 6.07) is 3.61. The molecule has 2 aliphatic rings. The maximum atomic E-state index is 13.4. The maximum absolute atomic E-state index is 13.4. The Morgan fingerprint density at radius 1 is 1.07 bits per heavy atom. The topological polar surface area (TPSA) is 23.6 Å². The Balaban J connectivity index is 1.60. The highest BCUT2D eigenvalue weighted by atomic mass is 19.4. The first-order chi connectivity index (χ1) is 12.7. The van der Waals surface area contributed by atoms with E-state index in [4.69, 9.17) is 0 Å². The van der Waals surface area contributed by atoms with Gasteiger partial charge in [0.2, 0.25) is 5.91 Å². The number of hydrogen-bond acceptors (Lipinski definition) is 2. The van der Waals surface area contributed by atoms with Crippen LogP contribution in [0, 0.1) is 17.0 Å². The zero-order valence-electron chi connectivity index (χ0n) is 15.0. The summed E-state index contributed by atoms with van der Waals surface area (Å²) in [5.74, 6) is -1.90. The van der Waals surface area contributed by atoms with Crippen molar-refractivity contribution in [2.45, 2.75) is 44.8 Å². The van der Waals surface area contributed by atoms with E-state index in [2.05, 4.69) is 0 Å². The number of rotatable bonds is 5. The van der Waals surface area contributed by atoms with E-state index in [1.54, 1.807) is 4.90 Å². The van der Waals surface area contributed by atoms with Crippen LogP contribution < -0.4 is 0 Å². The van der Waals surface area contributed by atoms with Gasteiger partial charge < -0.3 is 9.80 Å². The number of piperidine rings is 1. The van der Waals surface area contributed by atoms with Crippen molar-refractivity contribution in [3.8, 4) is 0 Å². The fourth-order valence-electron chi connectivity index (χ4n) is 4.19. The van der Waals surface area contributed by atoms with E-state index in [9.17, 15) is 26.7 Å². The minimum absolute atomic E-state index is 0.0307. The van der Waals surface area contributed by atoms with Gasteiger partial charge in [0.25, 0.3) is 0 Å². The summed E-state index contributed by atoms with van der Waals surface area (Å²) in [6.07, 6.45) is -2.79. The van der Waals surface area contributed by atoms with E-state index < -0.39 is 29.6 Å². The van der Waals surface area contributed by atoms with Gasteiger partial charge in [0.05, 0.1) is 5.41 Å². The molecule has 0 bridgehead atoms. The molecule has 2 aliphatic heterocycles. The van der Waals surface area contributed by atoms with Crippen LogP contribution in [-0.2, 0) is 11.3 Å². The van der Waals surface area contributed by atoms with Crippen molar-refractivity contribution in [1.82, 2.24) is 9.80 Å². The molecule has 1 spiro atoms. The van der Waals surface area contributed by atoms with E-state index in [-0.39, 0.29) is 18.9 Å². The molecule has 0 N–H and O–H groups in total. The first-order valence-electron chi connectivity index (χ1n) is 9.21. The van der Waals surface area contributed by atoms with Crippen LogP contribution in [-0.4, -0.2) is 48.1 Å². The van der Waals surface area contributed by atoms with Gasteiger partial charge in [-0.3, -0.25) is 4.79 Å². The Kier molecular flexibility index (Phi) is 5.74. The molecule has 1 aromatic rings. The normalized spacial score (nSPS) is 24.2. The quantitative estimate of drug-likeness (QED) is 0.706. The summed E-state index contributed by atoms with van der Waals surface area (Å²) >= 11 is 0. The first-order valence-corrected chi connectivity index (χ1v) is 9.21. The van der Waals surface area contributed by atoms with Crippen molar-refractivity contribution in [2.75, 3.05) is 26.2 Å². The Labute approximate surface area is 155 Å². The van der Waals surface area contributed by atoms with Crippen LogP contribution in [0.15, 0.2) is 18.2 Å². The monoisotopic (exact) mass is 390 g/mol. The van der Waals surface area contributed by atoms with Crippen molar-refractivity contribution in [1.29, 1.82) is 0 Å². The molecule has 0 radical (unpaired) electrons. The van der Waals surface area contributed by atoms with Gasteiger partial charge in [0, 0.05) is 26.1 Å². The summed E-state index contributed by atoms with van der Waals surface area (Å²) in [4.78, 5) is 16.6. The highest BCUT2D eigenvalue weighted by Gasteiger charge is 2.48. The molecular formula is C19H23F5N2O. The third-order valence-electron chi connectivity index (χ3n) is 5.55. The lowest BCUT2D eigenvalue weighted by Gasteiger charge is -2.39. The molecule has 8 heteroatoms. The zero-order valence-corrected chi connectivity index (χ0v) is 15.0. The second kappa shape index (κ2) is 7.73. The summed E-state index contributed by atoms with van der Waals surface area (Å²) in [7, 11) is 0. The number of nitrogens with zero attached hydrogens (tertiary/aromatic N) is 2. The lowest BCUT2D eigenvalue weighted by atomic mass is 9.78. The average Bonchev–Trinajstić information content (AvgIpc) is 2.98. The van der Waals surface area contributed by atoms with Crippen LogP contribution in [0.1, 0.15) is 37.7 Å². The highest BCUT2D eigenvalue weighted by molar-refractivity contribution is 5.84. The number of carbonyl (C=O) groups excluding carboxylic acids is 1. The summed E-state index contributed by atoms with van der Waals surface area (Å²) in [6.45, 7) is 2.18. The Morgan fingerprint density at radius 3 is 2.56 bits per heavy atom. The van der Waals surface area contributed by atoms with Gasteiger partial charge in [0.15, 0.2) is 11.6 Å². The predicted molar refractivity (Wildman–Crippen MR) is 89.8 cm³/mol. The standard InChI is InChI=1S/C19H23F5N2O/c20-15-4-3-14(11-16(15)21)12-26-9-1-5-18(17(26)27)7-10-25(13-18)8-2-6-19(22,23)24/h3-4,11H,1-2,5-10,12-13H2/t18-/m1/s1. The maximum Gasteiger partial charge on any atom is 0.389 e. The van der Waals surface area contributed by atoms with Crippen LogP contribution in [0.4, 0.5) is 22.0 Å². The average molecular weight is 390 g/mol. The van der Waals surface area contributed by atoms with Crippen molar-refractivity contribution < 1.29 is 26.7 Å². The molecule has 0 unspecified atom stereocenters. The second-order valence-electron chi connectivity index (χ2n) is 7.60. The number of likely N-dealkylation sites (tertiary alicyclic amines) is 2. The van der Waals surface area contributed by atoms with Crippen LogP contribution in [0.3, 0.4) is 0 Å². The van der Waals surface area contributed by atoms with Gasteiger partial charge in [0.1, 0.15) is 0 Å². The largest absolute Gasteiger partial charge is 0.389 e. The zero-order chi connectivity index (χ0) is 19.7. The molecule has 27 heavy (non-hydrogen) atoms. The molecule has 1 aromatic carbocycles. The molecule has 2 heterocycles. The molecule has 0 aromatic heterocycles. The van der Waals surface area contributed by atoms with Gasteiger partial charge in [-0.05, 0) is 56.5 Å². The number of carbonyl (C=O) groups is 1. The SMILES string of the molecule is O=C1N(Cc2ccc(F)c(F)c2)CCC[C@]12CCN(CCCC(F)(F)F)C2. The van der Waals surface area contributed by atoms with Gasteiger partial charge in [-0.1, -0.05) is 6.07 Å². The molecule has 3 nitrogen and oxygen atoms in total. The van der Waals surface area contributed by atoms with E-state index >= 15 is 0 Å². The molecule has 1 atom stereocenters. The predicted octanol–water partition coefficient (Wildman–Crippen LogP) is 4.12. The van der Waals surface area contributed by atoms with Crippen molar-refractivity contribution >= 4 is 5.91 Å². The highest BCUT2D eigenvalue weighted by Crippen LogP contribution is 2.40. The van der Waals surface area contributed by atoms with Crippen LogP contribution in [0.25, 0.3) is 0 Å². The Bertz CT molecular complexity index is 693. The Morgan fingerprint density at radius 2 is 1.85 bits per heavy atom.